The maximum Gasteiger partial charge on any atom is 0.228 e. The van der Waals surface area contributed by atoms with Gasteiger partial charge in [-0.2, -0.15) is 0 Å². The standard InChI is InChI=1S/C30H18F8O/c1-2-3-22(32)29(38)18-8-9-21(23(33)10-18)17-6-4-16(5-7-17)19-11-24(34)28(25(35)12-19)20-13-26(36)30(39-15-31)27(37)14-20/h2-14H,15H2,1H3/b3-2+,29-22+. The van der Waals surface area contributed by atoms with Gasteiger partial charge in [0.25, 0.3) is 0 Å². The van der Waals surface area contributed by atoms with Crippen LogP contribution in [-0.2, 0) is 0 Å². The van der Waals surface area contributed by atoms with E-state index in [0.29, 0.717) is 23.3 Å². The fourth-order valence-electron chi connectivity index (χ4n) is 4.00. The van der Waals surface area contributed by atoms with Crippen LogP contribution in [0.25, 0.3) is 39.2 Å². The number of hydrogen-bond donors (Lipinski definition) is 0. The van der Waals surface area contributed by atoms with Crippen molar-refractivity contribution in [3.05, 3.63) is 119 Å². The molecule has 4 rings (SSSR count). The van der Waals surface area contributed by atoms with E-state index in [1.165, 1.54) is 49.4 Å². The molecule has 1 nitrogen and oxygen atoms in total. The van der Waals surface area contributed by atoms with Crippen molar-refractivity contribution in [1.82, 2.24) is 0 Å². The molecule has 0 bridgehead atoms. The normalized spacial score (nSPS) is 12.1. The average molecular weight is 546 g/mol. The molecule has 0 fully saturated rings. The van der Waals surface area contributed by atoms with Crippen LogP contribution in [-0.4, -0.2) is 6.86 Å². The van der Waals surface area contributed by atoms with Crippen molar-refractivity contribution in [2.24, 2.45) is 0 Å². The maximum absolute atomic E-state index is 14.9. The number of halogens is 8. The number of ether oxygens (including phenoxy) is 1. The molecule has 4 aromatic carbocycles. The third kappa shape index (κ3) is 5.72. The summed E-state index contributed by atoms with van der Waals surface area (Å²) < 4.78 is 117. The lowest BCUT2D eigenvalue weighted by Crippen LogP contribution is -1.99. The molecule has 0 amide bonds. The van der Waals surface area contributed by atoms with E-state index in [9.17, 15) is 35.1 Å². The van der Waals surface area contributed by atoms with E-state index in [0.717, 1.165) is 24.3 Å². The summed E-state index contributed by atoms with van der Waals surface area (Å²) in [6, 6.07) is 12.4. The first-order valence-electron chi connectivity index (χ1n) is 11.4. The predicted octanol–water partition coefficient (Wildman–Crippen LogP) is 9.87. The number of allylic oxidation sites excluding steroid dienone is 3. The molecule has 9 heteroatoms. The molecule has 0 heterocycles. The predicted molar refractivity (Wildman–Crippen MR) is 133 cm³/mol. The van der Waals surface area contributed by atoms with Gasteiger partial charge in [-0.25, -0.2) is 35.1 Å². The van der Waals surface area contributed by atoms with Gasteiger partial charge >= 0.3 is 0 Å². The minimum atomic E-state index is -1.49. The zero-order valence-electron chi connectivity index (χ0n) is 20.1. The van der Waals surface area contributed by atoms with E-state index >= 15 is 0 Å². The Morgan fingerprint density at radius 2 is 1.23 bits per heavy atom. The molecule has 0 unspecified atom stereocenters. The Morgan fingerprint density at radius 3 is 1.77 bits per heavy atom. The van der Waals surface area contributed by atoms with Crippen molar-refractivity contribution in [3.63, 3.8) is 0 Å². The number of alkyl halides is 1. The summed E-state index contributed by atoms with van der Waals surface area (Å²) in [5, 5.41) is 0. The first kappa shape index (κ1) is 27.6. The van der Waals surface area contributed by atoms with E-state index in [4.69, 9.17) is 0 Å². The number of hydrogen-bond acceptors (Lipinski definition) is 1. The van der Waals surface area contributed by atoms with Crippen LogP contribution in [0.15, 0.2) is 84.7 Å². The zero-order valence-corrected chi connectivity index (χ0v) is 20.1. The Hall–Kier alpha value is -4.40. The third-order valence-electron chi connectivity index (χ3n) is 5.80. The Balaban J connectivity index is 1.64. The van der Waals surface area contributed by atoms with Crippen LogP contribution >= 0.6 is 0 Å². The lowest BCUT2D eigenvalue weighted by Gasteiger charge is -2.12. The van der Waals surface area contributed by atoms with E-state index < -0.39 is 64.5 Å². The van der Waals surface area contributed by atoms with Crippen LogP contribution in [0.2, 0.25) is 0 Å². The molecule has 200 valence electrons. The lowest BCUT2D eigenvalue weighted by molar-refractivity contribution is 0.176. The second kappa shape index (κ2) is 11.6. The molecule has 0 saturated carbocycles. The van der Waals surface area contributed by atoms with Gasteiger partial charge in [-0.1, -0.05) is 42.5 Å². The van der Waals surface area contributed by atoms with Gasteiger partial charge in [0.15, 0.2) is 29.0 Å². The SMILES string of the molecule is C/C=C/C(F)=C(\F)c1ccc(-c2ccc(-c3cc(F)c(-c4cc(F)c(OCF)c(F)c4)c(F)c3)cc2)c(F)c1. The number of rotatable bonds is 7. The highest BCUT2D eigenvalue weighted by Gasteiger charge is 2.20. The Bertz CT molecular complexity index is 1540. The highest BCUT2D eigenvalue weighted by atomic mass is 19.2. The largest absolute Gasteiger partial charge is 0.457 e. The molecule has 0 saturated heterocycles. The van der Waals surface area contributed by atoms with E-state index in [1.54, 1.807) is 0 Å². The van der Waals surface area contributed by atoms with Gasteiger partial charge in [-0.15, -0.1) is 0 Å². The second-order valence-corrected chi connectivity index (χ2v) is 8.27. The van der Waals surface area contributed by atoms with Gasteiger partial charge in [-0.3, -0.25) is 0 Å². The molecule has 0 radical (unpaired) electrons. The lowest BCUT2D eigenvalue weighted by atomic mass is 9.96. The van der Waals surface area contributed by atoms with Crippen molar-refractivity contribution in [1.29, 1.82) is 0 Å². The molecule has 39 heavy (non-hydrogen) atoms. The van der Waals surface area contributed by atoms with Gasteiger partial charge in [0.05, 0.1) is 5.56 Å². The second-order valence-electron chi connectivity index (χ2n) is 8.27. The molecular formula is C30H18F8O. The fourth-order valence-corrected chi connectivity index (χ4v) is 4.00. The van der Waals surface area contributed by atoms with Crippen molar-refractivity contribution >= 4 is 5.83 Å². The summed E-state index contributed by atoms with van der Waals surface area (Å²) in [6.45, 7) is 0.0129. The van der Waals surface area contributed by atoms with Gasteiger partial charge < -0.3 is 4.74 Å². The van der Waals surface area contributed by atoms with E-state index in [-0.39, 0.29) is 16.7 Å². The van der Waals surface area contributed by atoms with Crippen molar-refractivity contribution in [2.45, 2.75) is 6.92 Å². The summed E-state index contributed by atoms with van der Waals surface area (Å²) in [4.78, 5) is 0. The Labute approximate surface area is 218 Å². The molecule has 0 aliphatic rings. The molecular weight excluding hydrogens is 528 g/mol. The quantitative estimate of drug-likeness (QED) is 0.166. The fraction of sp³-hybridized carbons (Fsp3) is 0.0667. The minimum absolute atomic E-state index is 0.0844. The average Bonchev–Trinajstić information content (AvgIpc) is 2.90. The van der Waals surface area contributed by atoms with E-state index in [1.807, 2.05) is 0 Å². The summed E-state index contributed by atoms with van der Waals surface area (Å²) in [5.41, 5.74) is -0.563. The van der Waals surface area contributed by atoms with Gasteiger partial charge in [0.1, 0.15) is 17.5 Å². The maximum atomic E-state index is 14.9. The molecule has 0 aliphatic heterocycles. The molecule has 0 atom stereocenters. The van der Waals surface area contributed by atoms with Crippen LogP contribution in [0.4, 0.5) is 35.1 Å². The van der Waals surface area contributed by atoms with Crippen LogP contribution in [0, 0.1) is 29.1 Å². The van der Waals surface area contributed by atoms with Crippen molar-refractivity contribution in [3.8, 4) is 39.1 Å². The highest BCUT2D eigenvalue weighted by molar-refractivity contribution is 5.75. The summed E-state index contributed by atoms with van der Waals surface area (Å²) in [6.07, 6.45) is 2.21. The topological polar surface area (TPSA) is 9.23 Å². The van der Waals surface area contributed by atoms with Crippen LogP contribution < -0.4 is 4.74 Å². The number of benzene rings is 4. The van der Waals surface area contributed by atoms with Gasteiger partial charge in [0.2, 0.25) is 6.86 Å². The van der Waals surface area contributed by atoms with Gasteiger partial charge in [-0.05, 0) is 65.6 Å². The smallest absolute Gasteiger partial charge is 0.228 e. The van der Waals surface area contributed by atoms with Crippen molar-refractivity contribution < 1.29 is 39.9 Å². The Morgan fingerprint density at radius 1 is 0.667 bits per heavy atom. The molecule has 0 N–H and O–H groups in total. The highest BCUT2D eigenvalue weighted by Crippen LogP contribution is 2.36. The monoisotopic (exact) mass is 546 g/mol. The molecule has 4 aromatic rings. The summed E-state index contributed by atoms with van der Waals surface area (Å²) >= 11 is 0. The first-order valence-corrected chi connectivity index (χ1v) is 11.4. The summed E-state index contributed by atoms with van der Waals surface area (Å²) in [7, 11) is 0. The van der Waals surface area contributed by atoms with Crippen LogP contribution in [0.5, 0.6) is 5.75 Å². The first-order chi connectivity index (χ1) is 18.6. The summed E-state index contributed by atoms with van der Waals surface area (Å²) in [5.74, 6) is -9.07. The van der Waals surface area contributed by atoms with Crippen molar-refractivity contribution in [2.75, 3.05) is 6.86 Å². The minimum Gasteiger partial charge on any atom is -0.457 e. The Kier molecular flexibility index (Phi) is 8.18. The molecule has 0 spiro atoms. The third-order valence-corrected chi connectivity index (χ3v) is 5.80. The van der Waals surface area contributed by atoms with Crippen LogP contribution in [0.3, 0.4) is 0 Å². The van der Waals surface area contributed by atoms with E-state index in [2.05, 4.69) is 4.74 Å². The van der Waals surface area contributed by atoms with Crippen LogP contribution in [0.1, 0.15) is 12.5 Å². The van der Waals surface area contributed by atoms with Gasteiger partial charge in [0, 0.05) is 11.1 Å². The zero-order chi connectivity index (χ0) is 28.3. The molecule has 0 aliphatic carbocycles. The molecule has 0 aromatic heterocycles.